The molecule has 4 heteroatoms. The lowest BCUT2D eigenvalue weighted by molar-refractivity contribution is 0.146. The zero-order valence-corrected chi connectivity index (χ0v) is 12.1. The van der Waals surface area contributed by atoms with Crippen molar-refractivity contribution in [1.29, 1.82) is 0 Å². The van der Waals surface area contributed by atoms with Gasteiger partial charge in [-0.15, -0.1) is 0 Å². The second kappa shape index (κ2) is 7.09. The third-order valence-electron chi connectivity index (χ3n) is 2.72. The van der Waals surface area contributed by atoms with Crippen LogP contribution in [0.15, 0.2) is 22.7 Å². The van der Waals surface area contributed by atoms with Gasteiger partial charge in [0, 0.05) is 29.7 Å². The standard InChI is InChI=1S/C13H19BrFNO/c1-9(2)13(8-17-3)16-7-10-4-5-11(14)6-12(10)15/h4-6,9,13,16H,7-8H2,1-3H3. The van der Waals surface area contributed by atoms with Gasteiger partial charge in [-0.1, -0.05) is 35.8 Å². The summed E-state index contributed by atoms with van der Waals surface area (Å²) in [5.74, 6) is 0.264. The number of benzene rings is 1. The molecule has 1 atom stereocenters. The average molecular weight is 304 g/mol. The summed E-state index contributed by atoms with van der Waals surface area (Å²) in [6.45, 7) is 5.39. The summed E-state index contributed by atoms with van der Waals surface area (Å²) in [6.07, 6.45) is 0. The molecule has 2 nitrogen and oxygen atoms in total. The summed E-state index contributed by atoms with van der Waals surface area (Å²) in [7, 11) is 1.68. The van der Waals surface area contributed by atoms with Gasteiger partial charge in [-0.3, -0.25) is 0 Å². The Labute approximate surface area is 111 Å². The van der Waals surface area contributed by atoms with E-state index in [1.807, 2.05) is 6.07 Å². The SMILES string of the molecule is COCC(NCc1ccc(Br)cc1F)C(C)C. The van der Waals surface area contributed by atoms with Crippen molar-refractivity contribution in [1.82, 2.24) is 5.32 Å². The molecule has 0 aromatic heterocycles. The highest BCUT2D eigenvalue weighted by molar-refractivity contribution is 9.10. The van der Waals surface area contributed by atoms with Crippen LogP contribution in [0, 0.1) is 11.7 Å². The first-order valence-corrected chi connectivity index (χ1v) is 6.50. The van der Waals surface area contributed by atoms with Crippen LogP contribution in [0.3, 0.4) is 0 Å². The highest BCUT2D eigenvalue weighted by Crippen LogP contribution is 2.15. The van der Waals surface area contributed by atoms with Crippen molar-refractivity contribution in [2.75, 3.05) is 13.7 Å². The maximum atomic E-state index is 13.6. The second-order valence-corrected chi connectivity index (χ2v) is 5.34. The minimum absolute atomic E-state index is 0.188. The van der Waals surface area contributed by atoms with E-state index in [2.05, 4.69) is 35.1 Å². The molecular formula is C13H19BrFNO. The number of nitrogens with one attached hydrogen (secondary N) is 1. The van der Waals surface area contributed by atoms with Crippen LogP contribution in [0.1, 0.15) is 19.4 Å². The lowest BCUT2D eigenvalue weighted by Gasteiger charge is -2.21. The Morgan fingerprint density at radius 2 is 2.12 bits per heavy atom. The van der Waals surface area contributed by atoms with Gasteiger partial charge in [-0.25, -0.2) is 4.39 Å². The molecule has 1 unspecified atom stereocenters. The molecule has 0 bridgehead atoms. The molecule has 0 heterocycles. The average Bonchev–Trinajstić information content (AvgIpc) is 2.25. The number of methoxy groups -OCH3 is 1. The second-order valence-electron chi connectivity index (χ2n) is 4.42. The van der Waals surface area contributed by atoms with Crippen LogP contribution in [0.5, 0.6) is 0 Å². The Bertz CT molecular complexity index is 357. The van der Waals surface area contributed by atoms with Crippen molar-refractivity contribution < 1.29 is 9.13 Å². The van der Waals surface area contributed by atoms with Gasteiger partial charge < -0.3 is 10.1 Å². The highest BCUT2D eigenvalue weighted by Gasteiger charge is 2.13. The summed E-state index contributed by atoms with van der Waals surface area (Å²) in [5, 5.41) is 3.32. The van der Waals surface area contributed by atoms with Crippen molar-refractivity contribution >= 4 is 15.9 Å². The van der Waals surface area contributed by atoms with E-state index in [1.54, 1.807) is 13.2 Å². The predicted octanol–water partition coefficient (Wildman–Crippen LogP) is 3.35. The van der Waals surface area contributed by atoms with Gasteiger partial charge in [0.2, 0.25) is 0 Å². The first-order valence-electron chi connectivity index (χ1n) is 5.70. The van der Waals surface area contributed by atoms with Gasteiger partial charge in [-0.2, -0.15) is 0 Å². The number of rotatable bonds is 6. The van der Waals surface area contributed by atoms with Gasteiger partial charge in [0.1, 0.15) is 5.82 Å². The molecule has 0 aliphatic carbocycles. The smallest absolute Gasteiger partial charge is 0.128 e. The largest absolute Gasteiger partial charge is 0.383 e. The van der Waals surface area contributed by atoms with Crippen LogP contribution in [0.25, 0.3) is 0 Å². The minimum atomic E-state index is -0.188. The van der Waals surface area contributed by atoms with Crippen molar-refractivity contribution in [3.8, 4) is 0 Å². The van der Waals surface area contributed by atoms with Crippen LogP contribution in [-0.2, 0) is 11.3 Å². The van der Waals surface area contributed by atoms with Gasteiger partial charge >= 0.3 is 0 Å². The summed E-state index contributed by atoms with van der Waals surface area (Å²) in [5.41, 5.74) is 0.676. The molecule has 0 spiro atoms. The van der Waals surface area contributed by atoms with Crippen LogP contribution in [0.4, 0.5) is 4.39 Å². The molecule has 1 N–H and O–H groups in total. The van der Waals surface area contributed by atoms with E-state index < -0.39 is 0 Å². The van der Waals surface area contributed by atoms with Crippen molar-refractivity contribution in [2.45, 2.75) is 26.4 Å². The molecule has 0 aliphatic heterocycles. The molecule has 17 heavy (non-hydrogen) atoms. The van der Waals surface area contributed by atoms with Gasteiger partial charge in [0.15, 0.2) is 0 Å². The fraction of sp³-hybridized carbons (Fsp3) is 0.538. The van der Waals surface area contributed by atoms with E-state index in [9.17, 15) is 4.39 Å². The van der Waals surface area contributed by atoms with E-state index in [-0.39, 0.29) is 11.9 Å². The Hall–Kier alpha value is -0.450. The Morgan fingerprint density at radius 3 is 2.65 bits per heavy atom. The zero-order valence-electron chi connectivity index (χ0n) is 10.5. The van der Waals surface area contributed by atoms with Gasteiger partial charge in [-0.05, 0) is 18.1 Å². The monoisotopic (exact) mass is 303 g/mol. The van der Waals surface area contributed by atoms with E-state index in [4.69, 9.17) is 4.74 Å². The Morgan fingerprint density at radius 1 is 1.41 bits per heavy atom. The first-order chi connectivity index (χ1) is 8.04. The van der Waals surface area contributed by atoms with E-state index in [0.29, 0.717) is 24.6 Å². The molecule has 0 amide bonds. The van der Waals surface area contributed by atoms with Crippen molar-refractivity contribution in [3.05, 3.63) is 34.1 Å². The van der Waals surface area contributed by atoms with Gasteiger partial charge in [0.25, 0.3) is 0 Å². The Balaban J connectivity index is 2.59. The van der Waals surface area contributed by atoms with Crippen LogP contribution in [-0.4, -0.2) is 19.8 Å². The molecule has 0 fully saturated rings. The number of hydrogen-bond donors (Lipinski definition) is 1. The molecule has 1 rings (SSSR count). The molecule has 1 aromatic rings. The zero-order chi connectivity index (χ0) is 12.8. The maximum absolute atomic E-state index is 13.6. The van der Waals surface area contributed by atoms with Crippen molar-refractivity contribution in [2.24, 2.45) is 5.92 Å². The van der Waals surface area contributed by atoms with Crippen LogP contribution < -0.4 is 5.32 Å². The normalized spacial score (nSPS) is 13.1. The van der Waals surface area contributed by atoms with Crippen LogP contribution >= 0.6 is 15.9 Å². The first kappa shape index (κ1) is 14.6. The number of hydrogen-bond acceptors (Lipinski definition) is 2. The highest BCUT2D eigenvalue weighted by atomic mass is 79.9. The minimum Gasteiger partial charge on any atom is -0.383 e. The number of halogens is 2. The van der Waals surface area contributed by atoms with E-state index in [0.717, 1.165) is 4.47 Å². The van der Waals surface area contributed by atoms with Gasteiger partial charge in [0.05, 0.1) is 6.61 Å². The van der Waals surface area contributed by atoms with E-state index in [1.165, 1.54) is 6.07 Å². The molecule has 0 saturated heterocycles. The third-order valence-corrected chi connectivity index (χ3v) is 3.21. The topological polar surface area (TPSA) is 21.3 Å². The molecule has 1 aromatic carbocycles. The lowest BCUT2D eigenvalue weighted by Crippen LogP contribution is -2.37. The molecule has 96 valence electrons. The predicted molar refractivity (Wildman–Crippen MR) is 71.4 cm³/mol. The summed E-state index contributed by atoms with van der Waals surface area (Å²) < 4.78 is 19.5. The van der Waals surface area contributed by atoms with Crippen LogP contribution in [0.2, 0.25) is 0 Å². The summed E-state index contributed by atoms with van der Waals surface area (Å²) in [4.78, 5) is 0. The van der Waals surface area contributed by atoms with Crippen molar-refractivity contribution in [3.63, 3.8) is 0 Å². The molecule has 0 saturated carbocycles. The number of ether oxygens (including phenoxy) is 1. The quantitative estimate of drug-likeness (QED) is 0.870. The molecule has 0 radical (unpaired) electrons. The Kier molecular flexibility index (Phi) is 6.09. The molecule has 0 aliphatic rings. The summed E-state index contributed by atoms with van der Waals surface area (Å²) in [6, 6.07) is 5.36. The third kappa shape index (κ3) is 4.74. The maximum Gasteiger partial charge on any atom is 0.128 e. The fourth-order valence-corrected chi connectivity index (χ4v) is 1.91. The molecular weight excluding hydrogens is 285 g/mol. The lowest BCUT2D eigenvalue weighted by atomic mass is 10.0. The summed E-state index contributed by atoms with van der Waals surface area (Å²) >= 11 is 3.24. The van der Waals surface area contributed by atoms with E-state index >= 15 is 0 Å². The fourth-order valence-electron chi connectivity index (χ4n) is 1.57.